The highest BCUT2D eigenvalue weighted by molar-refractivity contribution is 6.13. The van der Waals surface area contributed by atoms with Crippen molar-refractivity contribution in [2.24, 2.45) is 0 Å². The van der Waals surface area contributed by atoms with Crippen molar-refractivity contribution in [2.75, 3.05) is 5.32 Å². The number of amides is 3. The van der Waals surface area contributed by atoms with Gasteiger partial charge in [0, 0.05) is 19.9 Å². The Bertz CT molecular complexity index is 879. The Morgan fingerprint density at radius 3 is 2.44 bits per heavy atom. The van der Waals surface area contributed by atoms with Gasteiger partial charge in [-0.1, -0.05) is 12.1 Å². The first kappa shape index (κ1) is 17.7. The van der Waals surface area contributed by atoms with Crippen molar-refractivity contribution in [3.05, 3.63) is 63.3 Å². The van der Waals surface area contributed by atoms with Crippen LogP contribution in [0.4, 0.5) is 11.5 Å². The van der Waals surface area contributed by atoms with Crippen molar-refractivity contribution in [3.63, 3.8) is 0 Å². The number of carbonyl (C=O) groups excluding carboxylic acids is 3. The molecule has 9 nitrogen and oxygen atoms in total. The summed E-state index contributed by atoms with van der Waals surface area (Å²) < 4.78 is 0. The second-order valence-electron chi connectivity index (χ2n) is 5.12. The number of hydrogen-bond donors (Lipinski definition) is 2. The zero-order valence-corrected chi connectivity index (χ0v) is 13.4. The maximum absolute atomic E-state index is 12.3. The minimum atomic E-state index is -0.809. The van der Waals surface area contributed by atoms with Crippen molar-refractivity contribution >= 4 is 29.2 Å². The van der Waals surface area contributed by atoms with Crippen molar-refractivity contribution in [2.45, 2.75) is 13.8 Å². The SMILES string of the molecule is CC(=O)Nc1ccccc1C(=O)NC(=O)c1cc(C)nc([N+](=O)[O-])c1. The number of para-hydroxylation sites is 1. The van der Waals surface area contributed by atoms with Gasteiger partial charge in [0.1, 0.15) is 0 Å². The standard InChI is InChI=1S/C16H14N4O5/c1-9-7-11(8-14(17-9)20(24)25)15(22)19-16(23)12-5-3-4-6-13(12)18-10(2)21/h3-8H,1-2H3,(H,18,21)(H,19,22,23). The molecule has 25 heavy (non-hydrogen) atoms. The first-order valence-corrected chi connectivity index (χ1v) is 7.13. The van der Waals surface area contributed by atoms with Gasteiger partial charge in [-0.05, 0) is 28.1 Å². The quantitative estimate of drug-likeness (QED) is 0.495. The summed E-state index contributed by atoms with van der Waals surface area (Å²) in [6.07, 6.45) is 0. The molecule has 2 rings (SSSR count). The van der Waals surface area contributed by atoms with Crippen LogP contribution in [0.3, 0.4) is 0 Å². The Morgan fingerprint density at radius 2 is 1.80 bits per heavy atom. The van der Waals surface area contributed by atoms with Crippen LogP contribution in [0.2, 0.25) is 0 Å². The Kier molecular flexibility index (Phi) is 5.18. The van der Waals surface area contributed by atoms with Gasteiger partial charge in [0.05, 0.1) is 16.8 Å². The predicted molar refractivity (Wildman–Crippen MR) is 88.2 cm³/mol. The van der Waals surface area contributed by atoms with E-state index in [2.05, 4.69) is 15.6 Å². The average Bonchev–Trinajstić information content (AvgIpc) is 2.54. The number of anilines is 1. The van der Waals surface area contributed by atoms with Crippen molar-refractivity contribution < 1.29 is 19.3 Å². The first-order valence-electron chi connectivity index (χ1n) is 7.13. The number of nitro groups is 1. The number of hydrogen-bond acceptors (Lipinski definition) is 6. The number of rotatable bonds is 4. The highest BCUT2D eigenvalue weighted by Crippen LogP contribution is 2.16. The molecule has 0 atom stereocenters. The summed E-state index contributed by atoms with van der Waals surface area (Å²) in [5.74, 6) is -2.41. The summed E-state index contributed by atoms with van der Waals surface area (Å²) in [4.78, 5) is 49.5. The summed E-state index contributed by atoms with van der Waals surface area (Å²) in [5.41, 5.74) is 0.540. The summed E-state index contributed by atoms with van der Waals surface area (Å²) in [7, 11) is 0. The molecule has 2 aromatic rings. The van der Waals surface area contributed by atoms with E-state index in [-0.39, 0.29) is 28.4 Å². The molecule has 0 spiro atoms. The largest absolute Gasteiger partial charge is 0.364 e. The lowest BCUT2D eigenvalue weighted by molar-refractivity contribution is -0.389. The minimum Gasteiger partial charge on any atom is -0.358 e. The molecule has 9 heteroatoms. The normalized spacial score (nSPS) is 10.0. The highest BCUT2D eigenvalue weighted by atomic mass is 16.6. The molecule has 0 aliphatic rings. The molecule has 0 fully saturated rings. The number of aromatic nitrogens is 1. The van der Waals surface area contributed by atoms with Crippen LogP contribution in [0.5, 0.6) is 0 Å². The van der Waals surface area contributed by atoms with Gasteiger partial charge in [-0.3, -0.25) is 19.7 Å². The molecule has 3 amide bonds. The van der Waals surface area contributed by atoms with Crippen molar-refractivity contribution in [1.82, 2.24) is 10.3 Å². The first-order chi connectivity index (χ1) is 11.8. The van der Waals surface area contributed by atoms with E-state index in [1.54, 1.807) is 12.1 Å². The molecule has 1 aromatic carbocycles. The lowest BCUT2D eigenvalue weighted by atomic mass is 10.1. The molecule has 128 valence electrons. The molecular formula is C16H14N4O5. The fourth-order valence-electron chi connectivity index (χ4n) is 2.10. The third-order valence-electron chi connectivity index (χ3n) is 3.10. The molecule has 0 bridgehead atoms. The van der Waals surface area contributed by atoms with E-state index in [0.717, 1.165) is 6.07 Å². The van der Waals surface area contributed by atoms with Gasteiger partial charge < -0.3 is 15.4 Å². The molecule has 0 aliphatic carbocycles. The van der Waals surface area contributed by atoms with Gasteiger partial charge in [0.25, 0.3) is 11.8 Å². The Morgan fingerprint density at radius 1 is 1.12 bits per heavy atom. The number of aryl methyl sites for hydroxylation is 1. The molecular weight excluding hydrogens is 328 g/mol. The van der Waals surface area contributed by atoms with E-state index in [0.29, 0.717) is 0 Å². The summed E-state index contributed by atoms with van der Waals surface area (Å²) in [6, 6.07) is 8.46. The van der Waals surface area contributed by atoms with Gasteiger partial charge in [0.15, 0.2) is 5.69 Å². The molecule has 1 aromatic heterocycles. The monoisotopic (exact) mass is 342 g/mol. The van der Waals surface area contributed by atoms with Gasteiger partial charge in [0.2, 0.25) is 5.91 Å². The van der Waals surface area contributed by atoms with Crippen LogP contribution in [0.15, 0.2) is 36.4 Å². The van der Waals surface area contributed by atoms with E-state index in [1.165, 1.54) is 32.0 Å². The maximum Gasteiger partial charge on any atom is 0.364 e. The van der Waals surface area contributed by atoms with E-state index < -0.39 is 22.6 Å². The van der Waals surface area contributed by atoms with Gasteiger partial charge in [-0.25, -0.2) is 0 Å². The predicted octanol–water partition coefficient (Wildman–Crippen LogP) is 1.83. The Labute approximate surface area is 142 Å². The second-order valence-corrected chi connectivity index (χ2v) is 5.12. The summed E-state index contributed by atoms with van der Waals surface area (Å²) in [5, 5.41) is 15.5. The molecule has 0 radical (unpaired) electrons. The highest BCUT2D eigenvalue weighted by Gasteiger charge is 2.19. The topological polar surface area (TPSA) is 131 Å². The number of benzene rings is 1. The fourth-order valence-corrected chi connectivity index (χ4v) is 2.10. The second kappa shape index (κ2) is 7.30. The smallest absolute Gasteiger partial charge is 0.358 e. The van der Waals surface area contributed by atoms with Crippen LogP contribution in [-0.4, -0.2) is 27.6 Å². The third-order valence-corrected chi connectivity index (χ3v) is 3.10. The third kappa shape index (κ3) is 4.44. The molecule has 0 aliphatic heterocycles. The minimum absolute atomic E-state index is 0.0652. The van der Waals surface area contributed by atoms with E-state index in [1.807, 2.05) is 0 Å². The van der Waals surface area contributed by atoms with Crippen LogP contribution in [-0.2, 0) is 4.79 Å². The summed E-state index contributed by atoms with van der Waals surface area (Å²) >= 11 is 0. The van der Waals surface area contributed by atoms with Crippen LogP contribution in [0.25, 0.3) is 0 Å². The number of carbonyl (C=O) groups is 3. The van der Waals surface area contributed by atoms with Gasteiger partial charge >= 0.3 is 5.82 Å². The summed E-state index contributed by atoms with van der Waals surface area (Å²) in [6.45, 7) is 2.79. The number of imide groups is 1. The molecule has 0 unspecified atom stereocenters. The van der Waals surface area contributed by atoms with Crippen LogP contribution in [0, 0.1) is 17.0 Å². The lowest BCUT2D eigenvalue weighted by Gasteiger charge is -2.09. The Balaban J connectivity index is 2.26. The van der Waals surface area contributed by atoms with Crippen LogP contribution >= 0.6 is 0 Å². The molecule has 1 heterocycles. The number of pyridine rings is 1. The van der Waals surface area contributed by atoms with Crippen molar-refractivity contribution in [3.8, 4) is 0 Å². The molecule has 0 saturated heterocycles. The zero-order valence-electron chi connectivity index (χ0n) is 13.4. The van der Waals surface area contributed by atoms with E-state index >= 15 is 0 Å². The van der Waals surface area contributed by atoms with Crippen LogP contribution in [0.1, 0.15) is 33.3 Å². The average molecular weight is 342 g/mol. The van der Waals surface area contributed by atoms with Crippen LogP contribution < -0.4 is 10.6 Å². The Hall–Kier alpha value is -3.62. The lowest BCUT2D eigenvalue weighted by Crippen LogP contribution is -2.31. The van der Waals surface area contributed by atoms with Crippen molar-refractivity contribution in [1.29, 1.82) is 0 Å². The number of nitrogens with zero attached hydrogens (tertiary/aromatic N) is 2. The fraction of sp³-hybridized carbons (Fsp3) is 0.125. The van der Waals surface area contributed by atoms with Gasteiger partial charge in [-0.2, -0.15) is 0 Å². The molecule has 2 N–H and O–H groups in total. The van der Waals surface area contributed by atoms with E-state index in [9.17, 15) is 24.5 Å². The molecule has 0 saturated carbocycles. The zero-order chi connectivity index (χ0) is 18.6. The van der Waals surface area contributed by atoms with E-state index in [4.69, 9.17) is 0 Å². The maximum atomic E-state index is 12.3. The number of nitrogens with one attached hydrogen (secondary N) is 2. The van der Waals surface area contributed by atoms with Gasteiger partial charge in [-0.15, -0.1) is 0 Å².